The van der Waals surface area contributed by atoms with Crippen molar-refractivity contribution in [2.24, 2.45) is 5.92 Å². The summed E-state index contributed by atoms with van der Waals surface area (Å²) >= 11 is 5.98. The third-order valence-electron chi connectivity index (χ3n) is 2.78. The Hall–Kier alpha value is -1.26. The molecule has 1 aromatic carbocycles. The van der Waals surface area contributed by atoms with Gasteiger partial charge in [0.1, 0.15) is 0 Å². The highest BCUT2D eigenvalue weighted by molar-refractivity contribution is 6.31. The number of hydrogen-bond donors (Lipinski definition) is 3. The summed E-state index contributed by atoms with van der Waals surface area (Å²) in [5.74, 6) is 0.229. The van der Waals surface area contributed by atoms with Crippen molar-refractivity contribution in [3.63, 3.8) is 0 Å². The Morgan fingerprint density at radius 3 is 2.68 bits per heavy atom. The lowest BCUT2D eigenvalue weighted by Gasteiger charge is -2.14. The molecule has 0 fully saturated rings. The van der Waals surface area contributed by atoms with Crippen LogP contribution in [0.1, 0.15) is 25.8 Å². The lowest BCUT2D eigenvalue weighted by Crippen LogP contribution is -2.33. The number of amides is 2. The second-order valence-corrected chi connectivity index (χ2v) is 5.40. The molecule has 2 unspecified atom stereocenters. The van der Waals surface area contributed by atoms with Crippen molar-refractivity contribution in [2.45, 2.75) is 33.3 Å². The van der Waals surface area contributed by atoms with E-state index in [0.29, 0.717) is 23.7 Å². The van der Waals surface area contributed by atoms with E-state index in [9.17, 15) is 9.90 Å². The number of carbonyl (C=O) groups excluding carboxylic acids is 1. The maximum Gasteiger partial charge on any atom is 0.319 e. The smallest absolute Gasteiger partial charge is 0.319 e. The molecule has 1 rings (SSSR count). The molecule has 5 heteroatoms. The van der Waals surface area contributed by atoms with Gasteiger partial charge in [-0.1, -0.05) is 24.6 Å². The Balaban J connectivity index is 2.40. The van der Waals surface area contributed by atoms with E-state index in [1.807, 2.05) is 19.9 Å². The third kappa shape index (κ3) is 5.94. The van der Waals surface area contributed by atoms with Gasteiger partial charge in [-0.05, 0) is 43.9 Å². The molecule has 0 spiro atoms. The van der Waals surface area contributed by atoms with Gasteiger partial charge >= 0.3 is 6.03 Å². The van der Waals surface area contributed by atoms with Gasteiger partial charge in [-0.2, -0.15) is 0 Å². The van der Waals surface area contributed by atoms with Crippen LogP contribution in [0.2, 0.25) is 5.02 Å². The SMILES string of the molecule is Cc1ccc(NC(=O)NCC(C)CC(C)O)cc1Cl. The Morgan fingerprint density at radius 2 is 2.11 bits per heavy atom. The molecule has 2 atom stereocenters. The van der Waals surface area contributed by atoms with E-state index in [4.69, 9.17) is 11.6 Å². The summed E-state index contributed by atoms with van der Waals surface area (Å²) in [4.78, 5) is 11.7. The quantitative estimate of drug-likeness (QED) is 0.778. The fraction of sp³-hybridized carbons (Fsp3) is 0.500. The van der Waals surface area contributed by atoms with Crippen LogP contribution < -0.4 is 10.6 Å². The van der Waals surface area contributed by atoms with Gasteiger partial charge in [0.25, 0.3) is 0 Å². The number of aliphatic hydroxyl groups excluding tert-OH is 1. The molecule has 2 amide bonds. The summed E-state index contributed by atoms with van der Waals surface area (Å²) in [6.45, 7) is 6.15. The normalized spacial score (nSPS) is 13.7. The highest BCUT2D eigenvalue weighted by atomic mass is 35.5. The van der Waals surface area contributed by atoms with Crippen LogP contribution in [0, 0.1) is 12.8 Å². The molecule has 0 aliphatic rings. The second-order valence-electron chi connectivity index (χ2n) is 4.99. The van der Waals surface area contributed by atoms with Crippen LogP contribution in [0.5, 0.6) is 0 Å². The molecular weight excluding hydrogens is 264 g/mol. The average Bonchev–Trinajstić information content (AvgIpc) is 2.30. The molecule has 0 heterocycles. The number of anilines is 1. The molecule has 0 aliphatic carbocycles. The molecule has 0 bridgehead atoms. The van der Waals surface area contributed by atoms with Crippen LogP contribution in [0.25, 0.3) is 0 Å². The number of carbonyl (C=O) groups is 1. The van der Waals surface area contributed by atoms with E-state index in [1.54, 1.807) is 19.1 Å². The Kier molecular flexibility index (Phi) is 6.12. The van der Waals surface area contributed by atoms with Crippen LogP contribution >= 0.6 is 11.6 Å². The topological polar surface area (TPSA) is 61.4 Å². The van der Waals surface area contributed by atoms with Crippen molar-refractivity contribution < 1.29 is 9.90 Å². The molecule has 19 heavy (non-hydrogen) atoms. The Bertz CT molecular complexity index is 435. The van der Waals surface area contributed by atoms with E-state index < -0.39 is 0 Å². The lowest BCUT2D eigenvalue weighted by atomic mass is 10.1. The largest absolute Gasteiger partial charge is 0.393 e. The van der Waals surface area contributed by atoms with Crippen molar-refractivity contribution in [1.29, 1.82) is 0 Å². The molecule has 0 aliphatic heterocycles. The summed E-state index contributed by atoms with van der Waals surface area (Å²) < 4.78 is 0. The monoisotopic (exact) mass is 284 g/mol. The molecule has 106 valence electrons. The first kappa shape index (κ1) is 15.8. The lowest BCUT2D eigenvalue weighted by molar-refractivity contribution is 0.163. The van der Waals surface area contributed by atoms with Gasteiger partial charge in [-0.3, -0.25) is 0 Å². The van der Waals surface area contributed by atoms with E-state index in [0.717, 1.165) is 5.56 Å². The molecular formula is C14H21ClN2O2. The number of nitrogens with one attached hydrogen (secondary N) is 2. The van der Waals surface area contributed by atoms with Crippen LogP contribution in [0.15, 0.2) is 18.2 Å². The summed E-state index contributed by atoms with van der Waals surface area (Å²) in [5, 5.41) is 15.3. The van der Waals surface area contributed by atoms with E-state index in [1.165, 1.54) is 0 Å². The summed E-state index contributed by atoms with van der Waals surface area (Å²) in [5.41, 5.74) is 1.63. The molecule has 1 aromatic rings. The van der Waals surface area contributed by atoms with Gasteiger partial charge in [0.15, 0.2) is 0 Å². The van der Waals surface area contributed by atoms with Crippen molar-refractivity contribution >= 4 is 23.3 Å². The Morgan fingerprint density at radius 1 is 1.42 bits per heavy atom. The van der Waals surface area contributed by atoms with Gasteiger partial charge in [0, 0.05) is 17.3 Å². The standard InChI is InChI=1S/C14H21ClN2O2/c1-9(6-11(3)18)8-16-14(19)17-12-5-4-10(2)13(15)7-12/h4-5,7,9,11,18H,6,8H2,1-3H3,(H2,16,17,19). The highest BCUT2D eigenvalue weighted by Gasteiger charge is 2.08. The number of aryl methyl sites for hydroxylation is 1. The summed E-state index contributed by atoms with van der Waals surface area (Å²) in [6.07, 6.45) is 0.312. The molecule has 0 saturated heterocycles. The van der Waals surface area contributed by atoms with E-state index in [-0.39, 0.29) is 18.1 Å². The zero-order chi connectivity index (χ0) is 14.4. The molecule has 0 radical (unpaired) electrons. The molecule has 3 N–H and O–H groups in total. The zero-order valence-corrected chi connectivity index (χ0v) is 12.3. The van der Waals surface area contributed by atoms with Gasteiger partial charge in [-0.25, -0.2) is 4.79 Å². The fourth-order valence-electron chi connectivity index (χ4n) is 1.78. The molecule has 0 saturated carbocycles. The first-order chi connectivity index (χ1) is 8.88. The predicted molar refractivity (Wildman–Crippen MR) is 78.7 cm³/mol. The van der Waals surface area contributed by atoms with Crippen LogP contribution in [-0.2, 0) is 0 Å². The van der Waals surface area contributed by atoms with Gasteiger partial charge in [0.05, 0.1) is 6.10 Å². The van der Waals surface area contributed by atoms with Gasteiger partial charge in [-0.15, -0.1) is 0 Å². The van der Waals surface area contributed by atoms with Crippen LogP contribution in [0.3, 0.4) is 0 Å². The van der Waals surface area contributed by atoms with Crippen molar-refractivity contribution in [3.05, 3.63) is 28.8 Å². The first-order valence-corrected chi connectivity index (χ1v) is 6.75. The zero-order valence-electron chi connectivity index (χ0n) is 11.5. The van der Waals surface area contributed by atoms with Crippen molar-refractivity contribution in [1.82, 2.24) is 5.32 Å². The maximum absolute atomic E-state index is 11.7. The number of hydrogen-bond acceptors (Lipinski definition) is 2. The highest BCUT2D eigenvalue weighted by Crippen LogP contribution is 2.19. The number of rotatable bonds is 5. The van der Waals surface area contributed by atoms with Gasteiger partial charge in [0.2, 0.25) is 0 Å². The summed E-state index contributed by atoms with van der Waals surface area (Å²) in [7, 11) is 0. The first-order valence-electron chi connectivity index (χ1n) is 6.37. The Labute approximate surface area is 119 Å². The van der Waals surface area contributed by atoms with Gasteiger partial charge < -0.3 is 15.7 Å². The predicted octanol–water partition coefficient (Wildman–Crippen LogP) is 3.18. The van der Waals surface area contributed by atoms with Crippen LogP contribution in [0.4, 0.5) is 10.5 Å². The number of urea groups is 1. The second kappa shape index (κ2) is 7.36. The van der Waals surface area contributed by atoms with Crippen LogP contribution in [-0.4, -0.2) is 23.8 Å². The van der Waals surface area contributed by atoms with Crippen molar-refractivity contribution in [2.75, 3.05) is 11.9 Å². The average molecular weight is 285 g/mol. The van der Waals surface area contributed by atoms with E-state index >= 15 is 0 Å². The third-order valence-corrected chi connectivity index (χ3v) is 3.19. The maximum atomic E-state index is 11.7. The number of aliphatic hydroxyl groups is 1. The molecule has 0 aromatic heterocycles. The minimum Gasteiger partial charge on any atom is -0.393 e. The van der Waals surface area contributed by atoms with Crippen molar-refractivity contribution in [3.8, 4) is 0 Å². The summed E-state index contributed by atoms with van der Waals surface area (Å²) in [6, 6.07) is 5.11. The molecule has 4 nitrogen and oxygen atoms in total. The number of halogens is 1. The minimum atomic E-state index is -0.351. The fourth-order valence-corrected chi connectivity index (χ4v) is 1.96. The van der Waals surface area contributed by atoms with E-state index in [2.05, 4.69) is 10.6 Å². The minimum absolute atomic E-state index is 0.229. The number of benzene rings is 1.